The molecular weight excluding hydrogens is 317 g/mol. The number of carbonyl (C=O) groups excluding carboxylic acids is 1. The van der Waals surface area contributed by atoms with Gasteiger partial charge in [-0.15, -0.1) is 0 Å². The van der Waals surface area contributed by atoms with E-state index in [-0.39, 0.29) is 10.9 Å². The Labute approximate surface area is 141 Å². The Kier molecular flexibility index (Phi) is 5.51. The summed E-state index contributed by atoms with van der Waals surface area (Å²) in [6.45, 7) is 3.41. The van der Waals surface area contributed by atoms with E-state index in [1.54, 1.807) is 0 Å². The summed E-state index contributed by atoms with van der Waals surface area (Å²) in [7, 11) is 0. The number of amides is 1. The summed E-state index contributed by atoms with van der Waals surface area (Å²) in [6.07, 6.45) is 4.85. The average Bonchev–Trinajstić information content (AvgIpc) is 3.05. The van der Waals surface area contributed by atoms with Gasteiger partial charge in [-0.1, -0.05) is 11.6 Å². The third kappa shape index (κ3) is 4.43. The second-order valence-corrected chi connectivity index (χ2v) is 6.90. The highest BCUT2D eigenvalue weighted by Gasteiger charge is 2.28. The maximum absolute atomic E-state index is 13.0. The van der Waals surface area contributed by atoms with Crippen LogP contribution in [-0.2, 0) is 4.79 Å². The van der Waals surface area contributed by atoms with Crippen molar-refractivity contribution in [1.29, 1.82) is 0 Å². The molecule has 1 unspecified atom stereocenters. The molecule has 6 heteroatoms. The van der Waals surface area contributed by atoms with Crippen LogP contribution in [0.2, 0.25) is 5.02 Å². The van der Waals surface area contributed by atoms with Crippen molar-refractivity contribution in [2.75, 3.05) is 31.5 Å². The average molecular weight is 340 g/mol. The number of anilines is 1. The lowest BCUT2D eigenvalue weighted by Crippen LogP contribution is -2.43. The van der Waals surface area contributed by atoms with Crippen LogP contribution in [-0.4, -0.2) is 43.0 Å². The van der Waals surface area contributed by atoms with Crippen LogP contribution in [0.25, 0.3) is 0 Å². The Morgan fingerprint density at radius 2 is 2.13 bits per heavy atom. The smallest absolute Gasteiger partial charge is 0.238 e. The van der Waals surface area contributed by atoms with Crippen molar-refractivity contribution < 1.29 is 9.18 Å². The summed E-state index contributed by atoms with van der Waals surface area (Å²) in [5.74, 6) is 0.231. The standard InChI is InChI=1S/C17H23ClFN3O/c18-14-10-13(19)3-4-16(14)21-17(23)11-22-8-5-12(6-9-22)15-2-1-7-20-15/h3-4,10,12,15,20H,1-2,5-9,11H2,(H,21,23). The van der Waals surface area contributed by atoms with E-state index in [1.807, 2.05) is 0 Å². The number of benzene rings is 1. The van der Waals surface area contributed by atoms with Crippen molar-refractivity contribution in [3.05, 3.63) is 29.0 Å². The van der Waals surface area contributed by atoms with Gasteiger partial charge < -0.3 is 10.6 Å². The van der Waals surface area contributed by atoms with Crippen LogP contribution in [0.1, 0.15) is 25.7 Å². The number of rotatable bonds is 4. The van der Waals surface area contributed by atoms with E-state index in [1.165, 1.54) is 31.0 Å². The van der Waals surface area contributed by atoms with Crippen LogP contribution in [0.5, 0.6) is 0 Å². The van der Waals surface area contributed by atoms with Gasteiger partial charge in [0, 0.05) is 6.04 Å². The Morgan fingerprint density at radius 1 is 1.35 bits per heavy atom. The van der Waals surface area contributed by atoms with Crippen LogP contribution >= 0.6 is 11.6 Å². The molecule has 2 N–H and O–H groups in total. The van der Waals surface area contributed by atoms with Crippen LogP contribution in [0.4, 0.5) is 10.1 Å². The molecule has 2 aliphatic heterocycles. The van der Waals surface area contributed by atoms with Gasteiger partial charge in [0.05, 0.1) is 17.3 Å². The van der Waals surface area contributed by atoms with Crippen LogP contribution in [0.15, 0.2) is 18.2 Å². The van der Waals surface area contributed by atoms with Crippen molar-refractivity contribution in [3.8, 4) is 0 Å². The van der Waals surface area contributed by atoms with Crippen LogP contribution in [0, 0.1) is 11.7 Å². The number of nitrogens with one attached hydrogen (secondary N) is 2. The van der Waals surface area contributed by atoms with Crippen molar-refractivity contribution >= 4 is 23.2 Å². The van der Waals surface area contributed by atoms with Gasteiger partial charge in [0.2, 0.25) is 5.91 Å². The van der Waals surface area contributed by atoms with Gasteiger partial charge in [-0.05, 0) is 69.4 Å². The number of nitrogens with zero attached hydrogens (tertiary/aromatic N) is 1. The number of likely N-dealkylation sites (tertiary alicyclic amines) is 1. The van der Waals surface area contributed by atoms with E-state index in [0.717, 1.165) is 38.4 Å². The molecule has 1 aromatic rings. The molecule has 2 heterocycles. The van der Waals surface area contributed by atoms with Gasteiger partial charge in [0.1, 0.15) is 5.82 Å². The molecule has 1 amide bonds. The van der Waals surface area contributed by atoms with E-state index in [9.17, 15) is 9.18 Å². The third-order valence-electron chi connectivity index (χ3n) is 4.87. The van der Waals surface area contributed by atoms with Gasteiger partial charge in [0.25, 0.3) is 0 Å². The lowest BCUT2D eigenvalue weighted by atomic mass is 9.88. The fourth-order valence-electron chi connectivity index (χ4n) is 3.61. The monoisotopic (exact) mass is 339 g/mol. The zero-order valence-electron chi connectivity index (χ0n) is 13.2. The number of halogens is 2. The molecule has 23 heavy (non-hydrogen) atoms. The van der Waals surface area contributed by atoms with Gasteiger partial charge in [-0.25, -0.2) is 4.39 Å². The minimum atomic E-state index is -0.407. The molecule has 3 rings (SSSR count). The summed E-state index contributed by atoms with van der Waals surface area (Å²) >= 11 is 5.93. The molecule has 1 atom stereocenters. The number of hydrogen-bond acceptors (Lipinski definition) is 3. The fraction of sp³-hybridized carbons (Fsp3) is 0.588. The van der Waals surface area contributed by atoms with Gasteiger partial charge in [0.15, 0.2) is 0 Å². The first-order valence-electron chi connectivity index (χ1n) is 8.32. The predicted molar refractivity (Wildman–Crippen MR) is 90.2 cm³/mol. The maximum atomic E-state index is 13.0. The molecule has 0 radical (unpaired) electrons. The Balaban J connectivity index is 1.45. The van der Waals surface area contributed by atoms with Gasteiger partial charge in [-0.3, -0.25) is 9.69 Å². The summed E-state index contributed by atoms with van der Waals surface area (Å²) < 4.78 is 13.0. The number of hydrogen-bond donors (Lipinski definition) is 2. The minimum absolute atomic E-state index is 0.101. The second kappa shape index (κ2) is 7.60. The molecular formula is C17H23ClFN3O. The molecule has 0 aliphatic carbocycles. The highest BCUT2D eigenvalue weighted by atomic mass is 35.5. The second-order valence-electron chi connectivity index (χ2n) is 6.49. The zero-order valence-corrected chi connectivity index (χ0v) is 13.9. The van der Waals surface area contributed by atoms with Crippen LogP contribution < -0.4 is 10.6 Å². The third-order valence-corrected chi connectivity index (χ3v) is 5.18. The maximum Gasteiger partial charge on any atom is 0.238 e. The Bertz CT molecular complexity index is 555. The van der Waals surface area contributed by atoms with Crippen molar-refractivity contribution in [2.45, 2.75) is 31.7 Å². The summed E-state index contributed by atoms with van der Waals surface area (Å²) in [5, 5.41) is 6.57. The Morgan fingerprint density at radius 3 is 2.78 bits per heavy atom. The van der Waals surface area contributed by atoms with E-state index in [0.29, 0.717) is 18.3 Å². The summed E-state index contributed by atoms with van der Waals surface area (Å²) in [4.78, 5) is 14.3. The first-order chi connectivity index (χ1) is 11.1. The molecule has 0 aromatic heterocycles. The van der Waals surface area contributed by atoms with E-state index in [4.69, 9.17) is 11.6 Å². The van der Waals surface area contributed by atoms with Gasteiger partial charge >= 0.3 is 0 Å². The molecule has 4 nitrogen and oxygen atoms in total. The zero-order chi connectivity index (χ0) is 16.2. The highest BCUT2D eigenvalue weighted by molar-refractivity contribution is 6.33. The predicted octanol–water partition coefficient (Wildman–Crippen LogP) is 2.88. The molecule has 1 aromatic carbocycles. The van der Waals surface area contributed by atoms with Crippen molar-refractivity contribution in [2.24, 2.45) is 5.92 Å². The summed E-state index contributed by atoms with van der Waals surface area (Å²) in [6, 6.07) is 4.66. The molecule has 126 valence electrons. The van der Waals surface area contributed by atoms with E-state index >= 15 is 0 Å². The normalized spacial score (nSPS) is 23.1. The minimum Gasteiger partial charge on any atom is -0.324 e. The molecule has 2 saturated heterocycles. The van der Waals surface area contributed by atoms with Crippen molar-refractivity contribution in [3.63, 3.8) is 0 Å². The van der Waals surface area contributed by atoms with E-state index in [2.05, 4.69) is 15.5 Å². The molecule has 0 spiro atoms. The summed E-state index contributed by atoms with van der Waals surface area (Å²) in [5.41, 5.74) is 0.461. The molecule has 2 fully saturated rings. The lowest BCUT2D eigenvalue weighted by molar-refractivity contribution is -0.117. The quantitative estimate of drug-likeness (QED) is 0.886. The van der Waals surface area contributed by atoms with Gasteiger partial charge in [-0.2, -0.15) is 0 Å². The number of carbonyl (C=O) groups is 1. The molecule has 0 saturated carbocycles. The van der Waals surface area contributed by atoms with Crippen molar-refractivity contribution in [1.82, 2.24) is 10.2 Å². The number of piperidine rings is 1. The topological polar surface area (TPSA) is 44.4 Å². The Hall–Kier alpha value is -1.17. The largest absolute Gasteiger partial charge is 0.324 e. The first kappa shape index (κ1) is 16.7. The first-order valence-corrected chi connectivity index (χ1v) is 8.70. The highest BCUT2D eigenvalue weighted by Crippen LogP contribution is 2.26. The fourth-order valence-corrected chi connectivity index (χ4v) is 3.83. The molecule has 2 aliphatic rings. The van der Waals surface area contributed by atoms with E-state index < -0.39 is 5.82 Å². The molecule has 0 bridgehead atoms. The SMILES string of the molecule is O=C(CN1CCC(C2CCCN2)CC1)Nc1ccc(F)cc1Cl. The van der Waals surface area contributed by atoms with Crippen LogP contribution in [0.3, 0.4) is 0 Å². The lowest BCUT2D eigenvalue weighted by Gasteiger charge is -2.34.